The predicted octanol–water partition coefficient (Wildman–Crippen LogP) is 2.89. The average molecular weight is 316 g/mol. The smallest absolute Gasteiger partial charge is 0.315 e. The number of urea groups is 1. The van der Waals surface area contributed by atoms with Crippen LogP contribution in [0.4, 0.5) is 10.8 Å². The lowest BCUT2D eigenvalue weighted by atomic mass is 10.1. The van der Waals surface area contributed by atoms with Crippen molar-refractivity contribution in [2.24, 2.45) is 0 Å². The van der Waals surface area contributed by atoms with E-state index >= 15 is 0 Å². The van der Waals surface area contributed by atoms with Gasteiger partial charge in [0, 0.05) is 18.6 Å². The van der Waals surface area contributed by atoms with Gasteiger partial charge in [0.15, 0.2) is 5.58 Å². The molecule has 0 bridgehead atoms. The summed E-state index contributed by atoms with van der Waals surface area (Å²) < 4.78 is 5.86. The van der Waals surface area contributed by atoms with Crippen LogP contribution in [-0.2, 0) is 0 Å². The maximum Gasteiger partial charge on any atom is 0.315 e. The van der Waals surface area contributed by atoms with Crippen LogP contribution in [0.15, 0.2) is 28.7 Å². The van der Waals surface area contributed by atoms with Crippen LogP contribution in [0.1, 0.15) is 33.6 Å². The molecule has 0 radical (unpaired) electrons. The fourth-order valence-electron chi connectivity index (χ4n) is 2.88. The van der Waals surface area contributed by atoms with E-state index in [1.165, 1.54) is 0 Å². The number of nitrogens with zero attached hydrogens (tertiary/aromatic N) is 2. The summed E-state index contributed by atoms with van der Waals surface area (Å²) in [5, 5.41) is 5.87. The molecule has 23 heavy (non-hydrogen) atoms. The number of hydrogen-bond donors (Lipinski definition) is 2. The molecule has 1 aliphatic heterocycles. The number of anilines is 1. The van der Waals surface area contributed by atoms with Crippen LogP contribution in [0.5, 0.6) is 0 Å². The van der Waals surface area contributed by atoms with Gasteiger partial charge in [0.1, 0.15) is 5.52 Å². The van der Waals surface area contributed by atoms with E-state index in [2.05, 4.69) is 20.5 Å². The van der Waals surface area contributed by atoms with Gasteiger partial charge in [0.2, 0.25) is 0 Å². The molecule has 1 saturated heterocycles. The number of hydrogen-bond acceptors (Lipinski definition) is 4. The van der Waals surface area contributed by atoms with E-state index in [9.17, 15) is 4.79 Å². The summed E-state index contributed by atoms with van der Waals surface area (Å²) in [5.74, 6) is 0. The van der Waals surface area contributed by atoms with Gasteiger partial charge in [-0.15, -0.1) is 0 Å². The van der Waals surface area contributed by atoms with Crippen molar-refractivity contribution >= 4 is 23.1 Å². The normalized spacial score (nSPS) is 18.4. The van der Waals surface area contributed by atoms with Crippen LogP contribution in [0.25, 0.3) is 11.1 Å². The minimum absolute atomic E-state index is 0.137. The van der Waals surface area contributed by atoms with Crippen molar-refractivity contribution < 1.29 is 9.21 Å². The van der Waals surface area contributed by atoms with Crippen molar-refractivity contribution in [3.63, 3.8) is 0 Å². The fourth-order valence-corrected chi connectivity index (χ4v) is 2.88. The first-order valence-corrected chi connectivity index (χ1v) is 8.11. The monoisotopic (exact) mass is 316 g/mol. The molecule has 124 valence electrons. The highest BCUT2D eigenvalue weighted by Gasteiger charge is 2.29. The quantitative estimate of drug-likeness (QED) is 0.913. The van der Waals surface area contributed by atoms with Gasteiger partial charge in [-0.05, 0) is 45.7 Å². The second-order valence-corrected chi connectivity index (χ2v) is 7.04. The van der Waals surface area contributed by atoms with Crippen molar-refractivity contribution in [3.05, 3.63) is 24.3 Å². The van der Waals surface area contributed by atoms with Crippen molar-refractivity contribution in [1.82, 2.24) is 15.6 Å². The molecule has 2 amide bonds. The first-order valence-electron chi connectivity index (χ1n) is 8.11. The van der Waals surface area contributed by atoms with Crippen molar-refractivity contribution in [1.29, 1.82) is 0 Å². The summed E-state index contributed by atoms with van der Waals surface area (Å²) in [7, 11) is 0. The largest absolute Gasteiger partial charge is 0.423 e. The van der Waals surface area contributed by atoms with Gasteiger partial charge in [-0.25, -0.2) is 4.79 Å². The van der Waals surface area contributed by atoms with E-state index in [4.69, 9.17) is 4.42 Å². The Morgan fingerprint density at radius 3 is 2.91 bits per heavy atom. The molecular weight excluding hydrogens is 292 g/mol. The SMILES string of the molecule is CC(C)(C)NC(=O)NCC1CCCN1c1nc2ccccc2o1. The van der Waals surface area contributed by atoms with Gasteiger partial charge in [-0.1, -0.05) is 12.1 Å². The maximum absolute atomic E-state index is 11.9. The molecule has 1 aromatic carbocycles. The number of amides is 2. The Hall–Kier alpha value is -2.24. The third kappa shape index (κ3) is 3.75. The molecule has 6 nitrogen and oxygen atoms in total. The Morgan fingerprint density at radius 2 is 2.17 bits per heavy atom. The molecule has 0 aliphatic carbocycles. The summed E-state index contributed by atoms with van der Waals surface area (Å²) in [6, 6.07) is 8.49. The molecule has 1 atom stereocenters. The number of benzene rings is 1. The Labute approximate surface area is 136 Å². The fraction of sp³-hybridized carbons (Fsp3) is 0.529. The third-order valence-electron chi connectivity index (χ3n) is 3.89. The lowest BCUT2D eigenvalue weighted by Crippen LogP contribution is -2.49. The first-order chi connectivity index (χ1) is 10.9. The zero-order valence-corrected chi connectivity index (χ0v) is 13.9. The maximum atomic E-state index is 11.9. The molecule has 0 saturated carbocycles. The van der Waals surface area contributed by atoms with Crippen LogP contribution < -0.4 is 15.5 Å². The van der Waals surface area contributed by atoms with Gasteiger partial charge >= 0.3 is 6.03 Å². The number of fused-ring (bicyclic) bond motifs is 1. The van der Waals surface area contributed by atoms with E-state index < -0.39 is 0 Å². The highest BCUT2D eigenvalue weighted by molar-refractivity contribution is 5.75. The molecule has 3 rings (SSSR count). The van der Waals surface area contributed by atoms with Gasteiger partial charge in [0.05, 0.1) is 6.04 Å². The van der Waals surface area contributed by atoms with Gasteiger partial charge in [-0.2, -0.15) is 4.98 Å². The van der Waals surface area contributed by atoms with Crippen LogP contribution in [0.2, 0.25) is 0 Å². The standard InChI is InChI=1S/C17H24N4O2/c1-17(2,3)20-15(22)18-11-12-7-6-10-21(12)16-19-13-8-4-5-9-14(13)23-16/h4-5,8-9,12H,6-7,10-11H2,1-3H3,(H2,18,20,22). The molecule has 2 heterocycles. The Bertz CT molecular complexity index is 656. The summed E-state index contributed by atoms with van der Waals surface area (Å²) in [4.78, 5) is 18.6. The van der Waals surface area contributed by atoms with Gasteiger partial charge in [0.25, 0.3) is 6.01 Å². The van der Waals surface area contributed by atoms with E-state index in [-0.39, 0.29) is 17.6 Å². The van der Waals surface area contributed by atoms with Gasteiger partial charge < -0.3 is 20.0 Å². The van der Waals surface area contributed by atoms with E-state index in [1.54, 1.807) is 0 Å². The summed E-state index contributed by atoms with van der Waals surface area (Å²) in [6.45, 7) is 7.38. The lowest BCUT2D eigenvalue weighted by molar-refractivity contribution is 0.231. The molecule has 0 spiro atoms. The predicted molar refractivity (Wildman–Crippen MR) is 90.7 cm³/mol. The first kappa shape index (κ1) is 15.6. The second-order valence-electron chi connectivity index (χ2n) is 7.04. The summed E-state index contributed by atoms with van der Waals surface area (Å²) in [5.41, 5.74) is 1.43. The zero-order chi connectivity index (χ0) is 16.4. The average Bonchev–Trinajstić information content (AvgIpc) is 3.09. The number of para-hydroxylation sites is 2. The topological polar surface area (TPSA) is 70.4 Å². The minimum atomic E-state index is -0.236. The van der Waals surface area contributed by atoms with Crippen LogP contribution in [0, 0.1) is 0 Å². The number of carbonyl (C=O) groups is 1. The highest BCUT2D eigenvalue weighted by atomic mass is 16.4. The number of aromatic nitrogens is 1. The van der Waals surface area contributed by atoms with Crippen LogP contribution >= 0.6 is 0 Å². The summed E-state index contributed by atoms with van der Waals surface area (Å²) in [6.07, 6.45) is 2.10. The van der Waals surface area contributed by atoms with Crippen LogP contribution in [-0.4, -0.2) is 35.7 Å². The molecule has 2 aromatic rings. The number of nitrogens with one attached hydrogen (secondary N) is 2. The molecule has 1 fully saturated rings. The minimum Gasteiger partial charge on any atom is -0.423 e. The second kappa shape index (κ2) is 6.10. The zero-order valence-electron chi connectivity index (χ0n) is 13.9. The number of rotatable bonds is 3. The Morgan fingerprint density at radius 1 is 1.39 bits per heavy atom. The molecule has 1 unspecified atom stereocenters. The Balaban J connectivity index is 1.65. The van der Waals surface area contributed by atoms with Crippen molar-refractivity contribution in [2.75, 3.05) is 18.0 Å². The lowest BCUT2D eigenvalue weighted by Gasteiger charge is -2.25. The molecule has 6 heteroatoms. The Kier molecular flexibility index (Phi) is 4.15. The van der Waals surface area contributed by atoms with E-state index in [0.717, 1.165) is 30.5 Å². The third-order valence-corrected chi connectivity index (χ3v) is 3.89. The van der Waals surface area contributed by atoms with E-state index in [1.807, 2.05) is 45.0 Å². The van der Waals surface area contributed by atoms with Crippen LogP contribution in [0.3, 0.4) is 0 Å². The molecule has 2 N–H and O–H groups in total. The van der Waals surface area contributed by atoms with Crippen molar-refractivity contribution in [3.8, 4) is 0 Å². The number of oxazole rings is 1. The molecule has 1 aliphatic rings. The van der Waals surface area contributed by atoms with Crippen molar-refractivity contribution in [2.45, 2.75) is 45.2 Å². The van der Waals surface area contributed by atoms with Gasteiger partial charge in [-0.3, -0.25) is 0 Å². The van der Waals surface area contributed by atoms with E-state index in [0.29, 0.717) is 12.6 Å². The summed E-state index contributed by atoms with van der Waals surface area (Å²) >= 11 is 0. The number of carbonyl (C=O) groups excluding carboxylic acids is 1. The molecular formula is C17H24N4O2. The highest BCUT2D eigenvalue weighted by Crippen LogP contribution is 2.27. The molecule has 1 aromatic heterocycles.